The lowest BCUT2D eigenvalue weighted by atomic mass is 9.94. The van der Waals surface area contributed by atoms with Crippen LogP contribution >= 0.6 is 0 Å². The van der Waals surface area contributed by atoms with Gasteiger partial charge >= 0.3 is 0 Å². The van der Waals surface area contributed by atoms with Crippen molar-refractivity contribution in [2.45, 2.75) is 79.1 Å². The summed E-state index contributed by atoms with van der Waals surface area (Å²) in [7, 11) is 0. The largest absolute Gasteiger partial charge is 0.0654 e. The van der Waals surface area contributed by atoms with Gasteiger partial charge in [-0.1, -0.05) is 89.1 Å². The van der Waals surface area contributed by atoms with E-state index in [1.807, 2.05) is 6.07 Å². The predicted molar refractivity (Wildman–Crippen MR) is 109 cm³/mol. The Balaban J connectivity index is 0.000000272. The number of rotatable bonds is 7. The van der Waals surface area contributed by atoms with Crippen molar-refractivity contribution in [1.29, 1.82) is 0 Å². The Morgan fingerprint density at radius 3 is 1.92 bits per heavy atom. The van der Waals surface area contributed by atoms with E-state index in [0.717, 1.165) is 0 Å². The van der Waals surface area contributed by atoms with Gasteiger partial charge in [-0.2, -0.15) is 0 Å². The molecule has 0 heterocycles. The zero-order valence-electron chi connectivity index (χ0n) is 16.4. The summed E-state index contributed by atoms with van der Waals surface area (Å²) in [5.74, 6) is 0.659. The average Bonchev–Trinajstić information content (AvgIpc) is 2.60. The summed E-state index contributed by atoms with van der Waals surface area (Å²) in [6.07, 6.45) is 7.76. The summed E-state index contributed by atoms with van der Waals surface area (Å²) in [5, 5.41) is 0. The molecule has 0 fully saturated rings. The second-order valence-corrected chi connectivity index (χ2v) is 6.99. The van der Waals surface area contributed by atoms with Crippen LogP contribution in [-0.4, -0.2) is 0 Å². The van der Waals surface area contributed by atoms with Crippen LogP contribution in [0.1, 0.15) is 81.5 Å². The van der Waals surface area contributed by atoms with Crippen molar-refractivity contribution in [3.05, 3.63) is 70.8 Å². The Labute approximate surface area is 150 Å². The zero-order valence-corrected chi connectivity index (χ0v) is 16.4. The first kappa shape index (κ1) is 20.5. The van der Waals surface area contributed by atoms with Crippen molar-refractivity contribution in [3.63, 3.8) is 0 Å². The molecule has 0 saturated carbocycles. The maximum atomic E-state index is 2.31. The van der Waals surface area contributed by atoms with Crippen LogP contribution in [0.4, 0.5) is 0 Å². The van der Waals surface area contributed by atoms with E-state index in [0.29, 0.717) is 5.92 Å². The molecule has 0 aliphatic carbocycles. The molecular formula is C24H36. The van der Waals surface area contributed by atoms with E-state index in [-0.39, 0.29) is 0 Å². The molecule has 2 aromatic carbocycles. The molecule has 0 heteroatoms. The first-order valence-electron chi connectivity index (χ1n) is 9.72. The maximum Gasteiger partial charge on any atom is -0.0219 e. The van der Waals surface area contributed by atoms with Crippen molar-refractivity contribution >= 4 is 0 Å². The third-order valence-electron chi connectivity index (χ3n) is 4.55. The summed E-state index contributed by atoms with van der Waals surface area (Å²) in [5.41, 5.74) is 6.10. The third-order valence-corrected chi connectivity index (χ3v) is 4.55. The van der Waals surface area contributed by atoms with Crippen molar-refractivity contribution in [3.8, 4) is 0 Å². The van der Waals surface area contributed by atoms with Crippen molar-refractivity contribution in [1.82, 2.24) is 0 Å². The SMILES string of the molecule is CC(C)c1ccccc1.CCCCc1cccc(C)c1CCCC. The zero-order chi connectivity index (χ0) is 17.8. The van der Waals surface area contributed by atoms with Crippen LogP contribution in [-0.2, 0) is 12.8 Å². The quantitative estimate of drug-likeness (QED) is 0.495. The van der Waals surface area contributed by atoms with E-state index in [2.05, 4.69) is 77.1 Å². The fourth-order valence-electron chi connectivity index (χ4n) is 2.91. The number of hydrogen-bond acceptors (Lipinski definition) is 0. The maximum absolute atomic E-state index is 2.31. The number of unbranched alkanes of at least 4 members (excludes halogenated alkanes) is 2. The molecule has 2 aromatic rings. The highest BCUT2D eigenvalue weighted by Gasteiger charge is 2.04. The van der Waals surface area contributed by atoms with E-state index in [1.54, 1.807) is 11.1 Å². The molecule has 0 bridgehead atoms. The lowest BCUT2D eigenvalue weighted by Gasteiger charge is -2.11. The Bertz CT molecular complexity index is 552. The summed E-state index contributed by atoms with van der Waals surface area (Å²) < 4.78 is 0. The molecule has 0 aliphatic rings. The molecule has 0 spiro atoms. The Morgan fingerprint density at radius 2 is 1.38 bits per heavy atom. The number of aryl methyl sites for hydroxylation is 2. The highest BCUT2D eigenvalue weighted by molar-refractivity contribution is 5.34. The van der Waals surface area contributed by atoms with Gasteiger partial charge in [0.25, 0.3) is 0 Å². The second kappa shape index (κ2) is 11.9. The molecule has 0 unspecified atom stereocenters. The molecule has 0 saturated heterocycles. The topological polar surface area (TPSA) is 0 Å². The molecule has 0 nitrogen and oxygen atoms in total. The first-order valence-corrected chi connectivity index (χ1v) is 9.72. The molecule has 0 N–H and O–H groups in total. The van der Waals surface area contributed by atoms with Crippen LogP contribution < -0.4 is 0 Å². The van der Waals surface area contributed by atoms with Gasteiger partial charge in [0.05, 0.1) is 0 Å². The van der Waals surface area contributed by atoms with Gasteiger partial charge < -0.3 is 0 Å². The van der Waals surface area contributed by atoms with E-state index in [9.17, 15) is 0 Å². The Morgan fingerprint density at radius 1 is 0.750 bits per heavy atom. The van der Waals surface area contributed by atoms with Gasteiger partial charge in [0.1, 0.15) is 0 Å². The minimum atomic E-state index is 0.659. The minimum absolute atomic E-state index is 0.659. The lowest BCUT2D eigenvalue weighted by Crippen LogP contribution is -1.97. The molecule has 132 valence electrons. The highest BCUT2D eigenvalue weighted by atomic mass is 14.1. The molecule has 0 atom stereocenters. The monoisotopic (exact) mass is 324 g/mol. The van der Waals surface area contributed by atoms with Crippen LogP contribution in [0.25, 0.3) is 0 Å². The lowest BCUT2D eigenvalue weighted by molar-refractivity contribution is 0.754. The summed E-state index contributed by atoms with van der Waals surface area (Å²) >= 11 is 0. The molecule has 2 rings (SSSR count). The van der Waals surface area contributed by atoms with Gasteiger partial charge in [0.2, 0.25) is 0 Å². The van der Waals surface area contributed by atoms with Gasteiger partial charge in [-0.3, -0.25) is 0 Å². The van der Waals surface area contributed by atoms with E-state index in [4.69, 9.17) is 0 Å². The predicted octanol–water partition coefficient (Wildman–Crippen LogP) is 7.49. The summed E-state index contributed by atoms with van der Waals surface area (Å²) in [4.78, 5) is 0. The first-order chi connectivity index (χ1) is 11.6. The Kier molecular flexibility index (Phi) is 10.2. The average molecular weight is 325 g/mol. The molecule has 0 aliphatic heterocycles. The van der Waals surface area contributed by atoms with Crippen LogP contribution in [0, 0.1) is 6.92 Å². The minimum Gasteiger partial charge on any atom is -0.0654 e. The summed E-state index contributed by atoms with van der Waals surface area (Å²) in [6, 6.07) is 17.3. The van der Waals surface area contributed by atoms with Gasteiger partial charge in [-0.15, -0.1) is 0 Å². The van der Waals surface area contributed by atoms with Gasteiger partial charge in [0.15, 0.2) is 0 Å². The highest BCUT2D eigenvalue weighted by Crippen LogP contribution is 2.19. The second-order valence-electron chi connectivity index (χ2n) is 6.99. The van der Waals surface area contributed by atoms with Crippen LogP contribution in [0.5, 0.6) is 0 Å². The summed E-state index contributed by atoms with van der Waals surface area (Å²) in [6.45, 7) is 11.2. The van der Waals surface area contributed by atoms with Gasteiger partial charge in [0, 0.05) is 0 Å². The van der Waals surface area contributed by atoms with Crippen molar-refractivity contribution in [2.24, 2.45) is 0 Å². The smallest absolute Gasteiger partial charge is 0.0219 e. The standard InChI is InChI=1S/C15H24.C9H12/c1-4-6-10-14-11-8-9-13(3)15(14)12-7-5-2;1-8(2)9-6-4-3-5-7-9/h8-9,11H,4-7,10,12H2,1-3H3;3-8H,1-2H3. The fraction of sp³-hybridized carbons (Fsp3) is 0.500. The molecule has 0 aromatic heterocycles. The van der Waals surface area contributed by atoms with Crippen LogP contribution in [0.3, 0.4) is 0 Å². The normalized spacial score (nSPS) is 10.4. The molecular weight excluding hydrogens is 288 g/mol. The molecule has 0 radical (unpaired) electrons. The van der Waals surface area contributed by atoms with Crippen LogP contribution in [0.2, 0.25) is 0 Å². The Hall–Kier alpha value is -1.56. The van der Waals surface area contributed by atoms with Crippen molar-refractivity contribution < 1.29 is 0 Å². The van der Waals surface area contributed by atoms with Crippen LogP contribution in [0.15, 0.2) is 48.5 Å². The number of benzene rings is 2. The van der Waals surface area contributed by atoms with Gasteiger partial charge in [-0.25, -0.2) is 0 Å². The van der Waals surface area contributed by atoms with E-state index >= 15 is 0 Å². The number of hydrogen-bond donors (Lipinski definition) is 0. The van der Waals surface area contributed by atoms with E-state index < -0.39 is 0 Å². The van der Waals surface area contributed by atoms with E-state index in [1.165, 1.54) is 49.7 Å². The molecule has 24 heavy (non-hydrogen) atoms. The molecule has 0 amide bonds. The third kappa shape index (κ3) is 7.34. The van der Waals surface area contributed by atoms with Crippen molar-refractivity contribution in [2.75, 3.05) is 0 Å². The fourth-order valence-corrected chi connectivity index (χ4v) is 2.91. The van der Waals surface area contributed by atoms with Gasteiger partial charge in [-0.05, 0) is 60.8 Å².